The van der Waals surface area contributed by atoms with Gasteiger partial charge in [-0.05, 0) is 38.2 Å². The monoisotopic (exact) mass is 414 g/mol. The first-order valence-electron chi connectivity index (χ1n) is 9.24. The number of aromatic nitrogens is 4. The number of amides is 1. The third-order valence-corrected chi connectivity index (χ3v) is 6.82. The molecule has 3 aromatic rings. The average molecular weight is 415 g/mol. The Morgan fingerprint density at radius 1 is 1.25 bits per heavy atom. The molecule has 0 radical (unpaired) electrons. The summed E-state index contributed by atoms with van der Waals surface area (Å²) in [6.45, 7) is 2.28. The summed E-state index contributed by atoms with van der Waals surface area (Å²) in [6.07, 6.45) is 4.43. The zero-order valence-corrected chi connectivity index (χ0v) is 17.3. The van der Waals surface area contributed by atoms with Gasteiger partial charge in [0.2, 0.25) is 11.1 Å². The molecule has 0 atom stereocenters. The fourth-order valence-corrected chi connectivity index (χ4v) is 5.08. The van der Waals surface area contributed by atoms with Gasteiger partial charge in [0.1, 0.15) is 5.82 Å². The SMILES string of the molecule is Cc1nnc(SCC(=O)N(Cc2ccccc2)c2nc3c(s2)CCCC3)n1N. The molecule has 0 saturated carbocycles. The Bertz CT molecular complexity index is 945. The number of thioether (sulfide) groups is 1. The van der Waals surface area contributed by atoms with Crippen molar-refractivity contribution in [1.82, 2.24) is 19.9 Å². The van der Waals surface area contributed by atoms with Gasteiger partial charge in [-0.25, -0.2) is 9.66 Å². The van der Waals surface area contributed by atoms with E-state index in [2.05, 4.69) is 10.2 Å². The van der Waals surface area contributed by atoms with E-state index in [1.165, 1.54) is 34.2 Å². The van der Waals surface area contributed by atoms with Gasteiger partial charge in [0, 0.05) is 4.88 Å². The Hall–Kier alpha value is -2.39. The van der Waals surface area contributed by atoms with Crippen LogP contribution in [0.3, 0.4) is 0 Å². The van der Waals surface area contributed by atoms with E-state index < -0.39 is 0 Å². The molecule has 7 nitrogen and oxygen atoms in total. The highest BCUT2D eigenvalue weighted by Gasteiger charge is 2.24. The Kier molecular flexibility index (Phi) is 5.63. The number of carbonyl (C=O) groups is 1. The Labute approximate surface area is 172 Å². The summed E-state index contributed by atoms with van der Waals surface area (Å²) >= 11 is 2.94. The van der Waals surface area contributed by atoms with Crippen LogP contribution in [0.2, 0.25) is 0 Å². The van der Waals surface area contributed by atoms with Gasteiger partial charge in [-0.15, -0.1) is 21.5 Å². The molecule has 0 saturated heterocycles. The van der Waals surface area contributed by atoms with Crippen LogP contribution in [0.1, 0.15) is 34.8 Å². The zero-order chi connectivity index (χ0) is 19.5. The van der Waals surface area contributed by atoms with E-state index in [1.807, 2.05) is 30.3 Å². The van der Waals surface area contributed by atoms with Crippen molar-refractivity contribution in [3.63, 3.8) is 0 Å². The van der Waals surface area contributed by atoms with Crippen LogP contribution in [0.4, 0.5) is 5.13 Å². The summed E-state index contributed by atoms with van der Waals surface area (Å²) in [6, 6.07) is 10.0. The average Bonchev–Trinajstić information content (AvgIpc) is 3.29. The highest BCUT2D eigenvalue weighted by Crippen LogP contribution is 2.33. The van der Waals surface area contributed by atoms with Gasteiger partial charge in [-0.2, -0.15) is 0 Å². The second-order valence-corrected chi connectivity index (χ2v) is 8.73. The molecule has 1 aliphatic carbocycles. The van der Waals surface area contributed by atoms with Crippen molar-refractivity contribution >= 4 is 34.1 Å². The summed E-state index contributed by atoms with van der Waals surface area (Å²) in [5.41, 5.74) is 2.23. The molecule has 146 valence electrons. The molecule has 4 rings (SSSR count). The molecule has 1 aliphatic rings. The summed E-state index contributed by atoms with van der Waals surface area (Å²) in [4.78, 5) is 21.0. The first-order valence-corrected chi connectivity index (χ1v) is 11.0. The number of hydrogen-bond acceptors (Lipinski definition) is 7. The number of fused-ring (bicyclic) bond motifs is 1. The van der Waals surface area contributed by atoms with Gasteiger partial charge in [0.15, 0.2) is 5.13 Å². The molecule has 0 bridgehead atoms. The number of nitrogens with two attached hydrogens (primary N) is 1. The van der Waals surface area contributed by atoms with E-state index in [9.17, 15) is 4.79 Å². The van der Waals surface area contributed by atoms with E-state index in [0.717, 1.165) is 29.2 Å². The van der Waals surface area contributed by atoms with Crippen molar-refractivity contribution in [2.75, 3.05) is 16.5 Å². The predicted octanol–water partition coefficient (Wildman–Crippen LogP) is 2.96. The number of hydrogen-bond donors (Lipinski definition) is 1. The highest BCUT2D eigenvalue weighted by atomic mass is 32.2. The van der Waals surface area contributed by atoms with Crippen LogP contribution in [0, 0.1) is 6.92 Å². The number of benzene rings is 1. The van der Waals surface area contributed by atoms with Crippen molar-refractivity contribution in [3.8, 4) is 0 Å². The van der Waals surface area contributed by atoms with Gasteiger partial charge < -0.3 is 5.84 Å². The van der Waals surface area contributed by atoms with Gasteiger partial charge in [-0.1, -0.05) is 42.1 Å². The molecule has 0 fully saturated rings. The summed E-state index contributed by atoms with van der Waals surface area (Å²) in [5.74, 6) is 6.73. The smallest absolute Gasteiger partial charge is 0.239 e. The Balaban J connectivity index is 1.56. The molecule has 28 heavy (non-hydrogen) atoms. The van der Waals surface area contributed by atoms with Crippen LogP contribution < -0.4 is 10.7 Å². The number of carbonyl (C=O) groups excluding carboxylic acids is 1. The van der Waals surface area contributed by atoms with Crippen LogP contribution in [-0.2, 0) is 24.2 Å². The minimum absolute atomic E-state index is 0.0133. The van der Waals surface area contributed by atoms with Crippen LogP contribution in [-0.4, -0.2) is 31.5 Å². The predicted molar refractivity (Wildman–Crippen MR) is 112 cm³/mol. The normalized spacial score (nSPS) is 13.3. The van der Waals surface area contributed by atoms with Crippen molar-refractivity contribution in [2.45, 2.75) is 44.3 Å². The largest absolute Gasteiger partial charge is 0.336 e. The summed E-state index contributed by atoms with van der Waals surface area (Å²) in [5, 5.41) is 9.28. The third-order valence-electron chi connectivity index (χ3n) is 4.71. The third kappa shape index (κ3) is 4.05. The van der Waals surface area contributed by atoms with Gasteiger partial charge in [-0.3, -0.25) is 9.69 Å². The molecule has 0 spiro atoms. The minimum Gasteiger partial charge on any atom is -0.336 e. The van der Waals surface area contributed by atoms with Crippen molar-refractivity contribution < 1.29 is 4.79 Å². The molecule has 0 unspecified atom stereocenters. The second-order valence-electron chi connectivity index (χ2n) is 6.73. The molecular formula is C19H22N6OS2. The standard InChI is InChI=1S/C19H22N6OS2/c1-13-22-23-19(25(13)20)27-12-17(26)24(11-14-7-3-2-4-8-14)18-21-15-9-5-6-10-16(15)28-18/h2-4,7-8H,5-6,9-12,20H2,1H3. The molecule has 2 aromatic heterocycles. The van der Waals surface area contributed by atoms with E-state index >= 15 is 0 Å². The van der Waals surface area contributed by atoms with Crippen LogP contribution >= 0.6 is 23.1 Å². The van der Waals surface area contributed by atoms with Gasteiger partial charge in [0.25, 0.3) is 0 Å². The van der Waals surface area contributed by atoms with Gasteiger partial charge in [0.05, 0.1) is 18.0 Å². The summed E-state index contributed by atoms with van der Waals surface area (Å²) < 4.78 is 1.40. The lowest BCUT2D eigenvalue weighted by Gasteiger charge is -2.20. The van der Waals surface area contributed by atoms with Crippen LogP contribution in [0.5, 0.6) is 0 Å². The Morgan fingerprint density at radius 3 is 2.75 bits per heavy atom. The molecule has 9 heteroatoms. The highest BCUT2D eigenvalue weighted by molar-refractivity contribution is 7.99. The maximum absolute atomic E-state index is 13.1. The lowest BCUT2D eigenvalue weighted by Crippen LogP contribution is -2.32. The molecule has 1 amide bonds. The van der Waals surface area contributed by atoms with E-state index in [4.69, 9.17) is 10.8 Å². The summed E-state index contributed by atoms with van der Waals surface area (Å²) in [7, 11) is 0. The van der Waals surface area contributed by atoms with Crippen LogP contribution in [0.15, 0.2) is 35.5 Å². The van der Waals surface area contributed by atoms with Crippen LogP contribution in [0.25, 0.3) is 0 Å². The van der Waals surface area contributed by atoms with E-state index in [0.29, 0.717) is 17.5 Å². The zero-order valence-electron chi connectivity index (χ0n) is 15.7. The van der Waals surface area contributed by atoms with Crippen molar-refractivity contribution in [2.24, 2.45) is 0 Å². The lowest BCUT2D eigenvalue weighted by atomic mass is 10.0. The molecule has 2 heterocycles. The fraction of sp³-hybridized carbons (Fsp3) is 0.368. The maximum Gasteiger partial charge on any atom is 0.239 e. The number of nitrogens with zero attached hydrogens (tertiary/aromatic N) is 5. The number of rotatable bonds is 6. The Morgan fingerprint density at radius 2 is 2.04 bits per heavy atom. The van der Waals surface area contributed by atoms with Crippen molar-refractivity contribution in [1.29, 1.82) is 0 Å². The molecule has 0 aliphatic heterocycles. The van der Waals surface area contributed by atoms with Gasteiger partial charge >= 0.3 is 0 Å². The van der Waals surface area contributed by atoms with E-state index in [-0.39, 0.29) is 11.7 Å². The first kappa shape index (κ1) is 18.9. The second kappa shape index (κ2) is 8.32. The first-order chi connectivity index (χ1) is 13.6. The number of aryl methyl sites for hydroxylation is 3. The number of thiazole rings is 1. The minimum atomic E-state index is -0.0133. The molecule has 1 aromatic carbocycles. The van der Waals surface area contributed by atoms with Crippen molar-refractivity contribution in [3.05, 3.63) is 52.3 Å². The molecule has 2 N–H and O–H groups in total. The maximum atomic E-state index is 13.1. The topological polar surface area (TPSA) is 89.9 Å². The van der Waals surface area contributed by atoms with E-state index in [1.54, 1.807) is 23.2 Å². The number of nitrogen functional groups attached to an aromatic ring is 1. The number of anilines is 1. The fourth-order valence-electron chi connectivity index (χ4n) is 3.13. The quantitative estimate of drug-likeness (QED) is 0.493. The molecular weight excluding hydrogens is 392 g/mol. The lowest BCUT2D eigenvalue weighted by molar-refractivity contribution is -0.116.